The fourth-order valence-corrected chi connectivity index (χ4v) is 3.10. The molecule has 0 aromatic heterocycles. The molecule has 2 amide bonds. The molecule has 0 radical (unpaired) electrons. The predicted molar refractivity (Wildman–Crippen MR) is 110 cm³/mol. The summed E-state index contributed by atoms with van der Waals surface area (Å²) in [5.74, 6) is 0.523. The molecule has 26 heavy (non-hydrogen) atoms. The Hall–Kier alpha value is -1.98. The standard InChI is InChI=1S/C20H23ClN2O2S/c1-20(2,3)23-18(24)12-15-5-4-6-17(11-15)22-19(25)26-13-14-7-9-16(21)10-8-14/h4-11H,12-13H2,1-3H3,(H,22,25)(H,23,24). The van der Waals surface area contributed by atoms with Gasteiger partial charge in [-0.25, -0.2) is 0 Å². The lowest BCUT2D eigenvalue weighted by Crippen LogP contribution is -2.41. The van der Waals surface area contributed by atoms with Crippen molar-refractivity contribution in [1.29, 1.82) is 0 Å². The van der Waals surface area contributed by atoms with Crippen LogP contribution in [0.1, 0.15) is 31.9 Å². The van der Waals surface area contributed by atoms with Gasteiger partial charge in [-0.2, -0.15) is 0 Å². The summed E-state index contributed by atoms with van der Waals surface area (Å²) in [6.45, 7) is 5.83. The number of rotatable bonds is 5. The summed E-state index contributed by atoms with van der Waals surface area (Å²) in [7, 11) is 0. The number of carbonyl (C=O) groups is 2. The molecular weight excluding hydrogens is 368 g/mol. The smallest absolute Gasteiger partial charge is 0.283 e. The first-order chi connectivity index (χ1) is 12.2. The maximum absolute atomic E-state index is 12.1. The number of benzene rings is 2. The van der Waals surface area contributed by atoms with E-state index in [4.69, 9.17) is 11.6 Å². The molecule has 2 aromatic rings. The van der Waals surface area contributed by atoms with Crippen LogP contribution in [0.5, 0.6) is 0 Å². The third-order valence-electron chi connectivity index (χ3n) is 3.34. The van der Waals surface area contributed by atoms with Gasteiger partial charge in [-0.05, 0) is 56.2 Å². The SMILES string of the molecule is CC(C)(C)NC(=O)Cc1cccc(NC(=O)SCc2ccc(Cl)cc2)c1. The Morgan fingerprint density at radius 1 is 1.04 bits per heavy atom. The number of hydrogen-bond acceptors (Lipinski definition) is 3. The molecule has 2 rings (SSSR count). The third-order valence-corrected chi connectivity index (χ3v) is 4.43. The van der Waals surface area contributed by atoms with E-state index in [0.29, 0.717) is 16.5 Å². The molecule has 2 aromatic carbocycles. The van der Waals surface area contributed by atoms with Crippen molar-refractivity contribution in [1.82, 2.24) is 5.32 Å². The largest absolute Gasteiger partial charge is 0.351 e. The third kappa shape index (κ3) is 7.50. The summed E-state index contributed by atoms with van der Waals surface area (Å²) in [5, 5.41) is 6.32. The van der Waals surface area contributed by atoms with Crippen LogP contribution in [0.25, 0.3) is 0 Å². The van der Waals surface area contributed by atoms with Crippen molar-refractivity contribution >= 4 is 40.2 Å². The van der Waals surface area contributed by atoms with Crippen molar-refractivity contribution in [2.24, 2.45) is 0 Å². The number of amides is 2. The zero-order valence-electron chi connectivity index (χ0n) is 15.1. The Bertz CT molecular complexity index is 770. The van der Waals surface area contributed by atoms with E-state index < -0.39 is 0 Å². The molecule has 0 heterocycles. The number of carbonyl (C=O) groups excluding carboxylic acids is 2. The van der Waals surface area contributed by atoms with Gasteiger partial charge in [-0.15, -0.1) is 0 Å². The van der Waals surface area contributed by atoms with Gasteiger partial charge in [0, 0.05) is 22.0 Å². The molecule has 0 saturated carbocycles. The van der Waals surface area contributed by atoms with Crippen LogP contribution < -0.4 is 10.6 Å². The van der Waals surface area contributed by atoms with Gasteiger partial charge in [-0.3, -0.25) is 9.59 Å². The van der Waals surface area contributed by atoms with E-state index >= 15 is 0 Å². The molecule has 0 aliphatic heterocycles. The predicted octanol–water partition coefficient (Wildman–Crippen LogP) is 5.26. The minimum atomic E-state index is -0.263. The van der Waals surface area contributed by atoms with Gasteiger partial charge in [0.25, 0.3) is 5.24 Å². The first-order valence-corrected chi connectivity index (χ1v) is 9.66. The Balaban J connectivity index is 1.88. The molecule has 0 saturated heterocycles. The molecule has 0 unspecified atom stereocenters. The quantitative estimate of drug-likeness (QED) is 0.731. The Morgan fingerprint density at radius 3 is 2.38 bits per heavy atom. The Labute approximate surface area is 163 Å². The van der Waals surface area contributed by atoms with Crippen LogP contribution in [-0.2, 0) is 17.0 Å². The monoisotopic (exact) mass is 390 g/mol. The summed E-state index contributed by atoms with van der Waals surface area (Å²) in [6, 6.07) is 14.8. The normalized spacial score (nSPS) is 11.1. The van der Waals surface area contributed by atoms with Crippen LogP contribution in [0.3, 0.4) is 0 Å². The van der Waals surface area contributed by atoms with E-state index in [1.54, 1.807) is 0 Å². The van der Waals surface area contributed by atoms with Gasteiger partial charge in [0.05, 0.1) is 6.42 Å². The second-order valence-electron chi connectivity index (χ2n) is 7.00. The summed E-state index contributed by atoms with van der Waals surface area (Å²) < 4.78 is 0. The topological polar surface area (TPSA) is 58.2 Å². The average Bonchev–Trinajstić information content (AvgIpc) is 2.53. The fraction of sp³-hybridized carbons (Fsp3) is 0.300. The molecule has 0 spiro atoms. The maximum Gasteiger partial charge on any atom is 0.283 e. The van der Waals surface area contributed by atoms with Crippen molar-refractivity contribution in [3.8, 4) is 0 Å². The summed E-state index contributed by atoms with van der Waals surface area (Å²) in [5.41, 5.74) is 2.30. The molecule has 6 heteroatoms. The van der Waals surface area contributed by atoms with Gasteiger partial charge in [-0.1, -0.05) is 47.6 Å². The zero-order chi connectivity index (χ0) is 19.2. The molecule has 0 aliphatic rings. The highest BCUT2D eigenvalue weighted by atomic mass is 35.5. The minimum Gasteiger partial charge on any atom is -0.351 e. The molecular formula is C20H23ClN2O2S. The van der Waals surface area contributed by atoms with E-state index in [0.717, 1.165) is 11.1 Å². The number of nitrogens with one attached hydrogen (secondary N) is 2. The molecule has 0 bridgehead atoms. The van der Waals surface area contributed by atoms with Gasteiger partial charge in [0.15, 0.2) is 0 Å². The summed E-state index contributed by atoms with van der Waals surface area (Å²) in [4.78, 5) is 24.2. The van der Waals surface area contributed by atoms with Crippen molar-refractivity contribution in [3.05, 3.63) is 64.7 Å². The molecule has 4 nitrogen and oxygen atoms in total. The first kappa shape index (κ1) is 20.3. The Kier molecular flexibility index (Phi) is 7.12. The number of hydrogen-bond donors (Lipinski definition) is 2. The van der Waals surface area contributed by atoms with Gasteiger partial charge < -0.3 is 10.6 Å². The molecule has 2 N–H and O–H groups in total. The van der Waals surface area contributed by atoms with Crippen LogP contribution in [-0.4, -0.2) is 16.7 Å². The van der Waals surface area contributed by atoms with Gasteiger partial charge in [0.1, 0.15) is 0 Å². The van der Waals surface area contributed by atoms with E-state index in [1.165, 1.54) is 11.8 Å². The van der Waals surface area contributed by atoms with Crippen LogP contribution in [0.2, 0.25) is 5.02 Å². The second kappa shape index (κ2) is 9.10. The number of anilines is 1. The van der Waals surface area contributed by atoms with Gasteiger partial charge >= 0.3 is 0 Å². The fourth-order valence-electron chi connectivity index (χ4n) is 2.29. The van der Waals surface area contributed by atoms with Gasteiger partial charge in [0.2, 0.25) is 5.91 Å². The summed E-state index contributed by atoms with van der Waals surface area (Å²) >= 11 is 7.04. The van der Waals surface area contributed by atoms with E-state index in [2.05, 4.69) is 10.6 Å². The minimum absolute atomic E-state index is 0.0434. The summed E-state index contributed by atoms with van der Waals surface area (Å²) in [6.07, 6.45) is 0.277. The lowest BCUT2D eigenvalue weighted by atomic mass is 10.1. The molecule has 138 valence electrons. The highest BCUT2D eigenvalue weighted by Gasteiger charge is 2.14. The Morgan fingerprint density at radius 2 is 1.73 bits per heavy atom. The first-order valence-electron chi connectivity index (χ1n) is 8.29. The van der Waals surface area contributed by atoms with Crippen molar-refractivity contribution in [2.45, 2.75) is 38.5 Å². The molecule has 0 fully saturated rings. The average molecular weight is 391 g/mol. The number of halogens is 1. The lowest BCUT2D eigenvalue weighted by molar-refractivity contribution is -0.121. The molecule has 0 atom stereocenters. The van der Waals surface area contributed by atoms with Crippen LogP contribution in [0.15, 0.2) is 48.5 Å². The van der Waals surface area contributed by atoms with Crippen molar-refractivity contribution in [2.75, 3.05) is 5.32 Å². The van der Waals surface area contributed by atoms with Crippen molar-refractivity contribution < 1.29 is 9.59 Å². The maximum atomic E-state index is 12.1. The van der Waals surface area contributed by atoms with Crippen molar-refractivity contribution in [3.63, 3.8) is 0 Å². The zero-order valence-corrected chi connectivity index (χ0v) is 16.7. The molecule has 0 aliphatic carbocycles. The lowest BCUT2D eigenvalue weighted by Gasteiger charge is -2.20. The highest BCUT2D eigenvalue weighted by molar-refractivity contribution is 8.13. The van der Waals surface area contributed by atoms with Crippen LogP contribution in [0, 0.1) is 0 Å². The highest BCUT2D eigenvalue weighted by Crippen LogP contribution is 2.19. The van der Waals surface area contributed by atoms with E-state index in [9.17, 15) is 9.59 Å². The second-order valence-corrected chi connectivity index (χ2v) is 8.39. The van der Waals surface area contributed by atoms with Crippen LogP contribution >= 0.6 is 23.4 Å². The van der Waals surface area contributed by atoms with E-state index in [-0.39, 0.29) is 23.1 Å². The number of thioether (sulfide) groups is 1. The van der Waals surface area contributed by atoms with E-state index in [1.807, 2.05) is 69.3 Å². The van der Waals surface area contributed by atoms with Crippen LogP contribution in [0.4, 0.5) is 10.5 Å².